The minimum Gasteiger partial charge on any atom is -0.350 e. The highest BCUT2D eigenvalue weighted by molar-refractivity contribution is 7.89. The first kappa shape index (κ1) is 16.5. The summed E-state index contributed by atoms with van der Waals surface area (Å²) in [5.74, 6) is -0.312. The zero-order chi connectivity index (χ0) is 15.3. The van der Waals surface area contributed by atoms with Gasteiger partial charge < -0.3 is 5.32 Å². The monoisotopic (exact) mass is 330 g/mol. The lowest BCUT2D eigenvalue weighted by molar-refractivity contribution is -0.120. The molecule has 1 aliphatic carbocycles. The predicted octanol–water partition coefficient (Wildman–Crippen LogP) is 1.57. The van der Waals surface area contributed by atoms with Crippen LogP contribution in [0.25, 0.3) is 0 Å². The Bertz CT molecular complexity index is 570. The Hall–Kier alpha value is -0.920. The number of carbonyl (C=O) groups excluding carboxylic acids is 1. The maximum Gasteiger partial charge on any atom is 0.235 e. The topological polar surface area (TPSA) is 75.3 Å². The molecule has 7 heteroatoms. The molecule has 1 amide bonds. The van der Waals surface area contributed by atoms with E-state index in [1.807, 2.05) is 0 Å². The number of carbonyl (C=O) groups is 1. The average Bonchev–Trinajstić information content (AvgIpc) is 2.73. The Morgan fingerprint density at radius 3 is 2.81 bits per heavy atom. The second-order valence-corrected chi connectivity index (χ2v) is 8.54. The van der Waals surface area contributed by atoms with Gasteiger partial charge in [0.2, 0.25) is 15.9 Å². The number of nitrogens with one attached hydrogen (secondary N) is 2. The van der Waals surface area contributed by atoms with E-state index in [1.54, 1.807) is 18.3 Å². The number of amides is 1. The molecule has 0 fully saturated rings. The van der Waals surface area contributed by atoms with E-state index < -0.39 is 10.0 Å². The van der Waals surface area contributed by atoms with Crippen LogP contribution in [0.2, 0.25) is 0 Å². The number of thiophene rings is 1. The van der Waals surface area contributed by atoms with E-state index in [9.17, 15) is 13.2 Å². The number of rotatable bonds is 6. The highest BCUT2D eigenvalue weighted by Crippen LogP contribution is 2.28. The average molecular weight is 330 g/mol. The molecule has 1 heterocycles. The standard InChI is InChI=1S/C14H22N2O3S2/c1-2-21(18,19)16-10-14(17)15-9-12-8-11-6-4-3-5-7-13(11)20-12/h8,16H,2-7,9-10H2,1H3,(H,15,17). The van der Waals surface area contributed by atoms with E-state index in [0.717, 1.165) is 17.7 Å². The van der Waals surface area contributed by atoms with Crippen LogP contribution in [0.4, 0.5) is 0 Å². The van der Waals surface area contributed by atoms with Gasteiger partial charge in [0.25, 0.3) is 0 Å². The van der Waals surface area contributed by atoms with E-state index in [1.165, 1.54) is 29.7 Å². The van der Waals surface area contributed by atoms with Crippen LogP contribution in [0.15, 0.2) is 6.07 Å². The van der Waals surface area contributed by atoms with E-state index in [0.29, 0.717) is 6.54 Å². The zero-order valence-corrected chi connectivity index (χ0v) is 13.9. The highest BCUT2D eigenvalue weighted by Gasteiger charge is 2.13. The molecule has 21 heavy (non-hydrogen) atoms. The number of sulfonamides is 1. The summed E-state index contributed by atoms with van der Waals surface area (Å²) in [5.41, 5.74) is 1.42. The zero-order valence-electron chi connectivity index (χ0n) is 12.3. The summed E-state index contributed by atoms with van der Waals surface area (Å²) in [6, 6.07) is 2.18. The van der Waals surface area contributed by atoms with E-state index in [-0.39, 0.29) is 18.2 Å². The van der Waals surface area contributed by atoms with Crippen LogP contribution >= 0.6 is 11.3 Å². The Labute approximate surface area is 130 Å². The van der Waals surface area contributed by atoms with Gasteiger partial charge in [0.1, 0.15) is 0 Å². The first-order valence-electron chi connectivity index (χ1n) is 7.34. The molecule has 0 saturated carbocycles. The summed E-state index contributed by atoms with van der Waals surface area (Å²) >= 11 is 1.77. The van der Waals surface area contributed by atoms with Crippen LogP contribution in [-0.4, -0.2) is 26.6 Å². The van der Waals surface area contributed by atoms with Gasteiger partial charge in [0.05, 0.1) is 18.8 Å². The fourth-order valence-corrected chi connectivity index (χ4v) is 4.10. The third-order valence-electron chi connectivity index (χ3n) is 3.59. The quantitative estimate of drug-likeness (QED) is 0.778. The molecule has 0 spiro atoms. The lowest BCUT2D eigenvalue weighted by Crippen LogP contribution is -2.37. The molecule has 0 radical (unpaired) electrons. The van der Waals surface area contributed by atoms with Crippen LogP contribution in [-0.2, 0) is 34.2 Å². The van der Waals surface area contributed by atoms with Crippen molar-refractivity contribution < 1.29 is 13.2 Å². The second kappa shape index (κ2) is 7.38. The number of fused-ring (bicyclic) bond motifs is 1. The summed E-state index contributed by atoms with van der Waals surface area (Å²) in [5, 5.41) is 2.76. The van der Waals surface area contributed by atoms with Gasteiger partial charge in [-0.1, -0.05) is 6.42 Å². The summed E-state index contributed by atoms with van der Waals surface area (Å²) < 4.78 is 24.8. The molecule has 118 valence electrons. The van der Waals surface area contributed by atoms with Crippen molar-refractivity contribution in [3.8, 4) is 0 Å². The minimum absolute atomic E-state index is 0.0159. The predicted molar refractivity (Wildman–Crippen MR) is 84.9 cm³/mol. The summed E-state index contributed by atoms with van der Waals surface area (Å²) in [6.07, 6.45) is 6.07. The summed E-state index contributed by atoms with van der Waals surface area (Å²) in [4.78, 5) is 14.2. The van der Waals surface area contributed by atoms with Gasteiger partial charge in [0.15, 0.2) is 0 Å². The highest BCUT2D eigenvalue weighted by atomic mass is 32.2. The first-order chi connectivity index (χ1) is 10.00. The van der Waals surface area contributed by atoms with Crippen LogP contribution in [0, 0.1) is 0 Å². The van der Waals surface area contributed by atoms with Crippen molar-refractivity contribution in [2.45, 2.75) is 45.6 Å². The van der Waals surface area contributed by atoms with Crippen molar-refractivity contribution >= 4 is 27.3 Å². The molecule has 1 aromatic heterocycles. The van der Waals surface area contributed by atoms with Gasteiger partial charge in [-0.3, -0.25) is 4.79 Å². The molecule has 1 aromatic rings. The molecule has 0 unspecified atom stereocenters. The molecule has 1 aliphatic rings. The maximum atomic E-state index is 11.6. The molecule has 2 N–H and O–H groups in total. The smallest absolute Gasteiger partial charge is 0.235 e. The largest absolute Gasteiger partial charge is 0.350 e. The van der Waals surface area contributed by atoms with Crippen molar-refractivity contribution in [1.29, 1.82) is 0 Å². The SMILES string of the molecule is CCS(=O)(=O)NCC(=O)NCc1cc2c(s1)CCCCC2. The van der Waals surface area contributed by atoms with Gasteiger partial charge in [-0.05, 0) is 44.2 Å². The molecule has 0 aromatic carbocycles. The minimum atomic E-state index is -3.31. The molecule has 2 rings (SSSR count). The Balaban J connectivity index is 1.82. The van der Waals surface area contributed by atoms with Gasteiger partial charge in [-0.15, -0.1) is 11.3 Å². The van der Waals surface area contributed by atoms with Crippen molar-refractivity contribution in [2.75, 3.05) is 12.3 Å². The van der Waals surface area contributed by atoms with Crippen LogP contribution in [0.5, 0.6) is 0 Å². The summed E-state index contributed by atoms with van der Waals surface area (Å²) in [7, 11) is -3.31. The molecule has 0 saturated heterocycles. The van der Waals surface area contributed by atoms with E-state index in [2.05, 4.69) is 16.1 Å². The maximum absolute atomic E-state index is 11.6. The van der Waals surface area contributed by atoms with Crippen molar-refractivity contribution in [1.82, 2.24) is 10.0 Å². The second-order valence-electron chi connectivity index (χ2n) is 5.22. The van der Waals surface area contributed by atoms with Gasteiger partial charge in [0, 0.05) is 9.75 Å². The first-order valence-corrected chi connectivity index (χ1v) is 9.81. The number of hydrogen-bond donors (Lipinski definition) is 2. The van der Waals surface area contributed by atoms with E-state index >= 15 is 0 Å². The Kier molecular flexibility index (Phi) is 5.78. The molecule has 0 bridgehead atoms. The molecule has 0 aliphatic heterocycles. The third-order valence-corrected chi connectivity index (χ3v) is 6.17. The molecular formula is C14H22N2O3S2. The van der Waals surface area contributed by atoms with Gasteiger partial charge in [-0.25, -0.2) is 13.1 Å². The third kappa shape index (κ3) is 5.09. The number of hydrogen-bond acceptors (Lipinski definition) is 4. The fourth-order valence-electron chi connectivity index (χ4n) is 2.34. The Morgan fingerprint density at radius 2 is 2.05 bits per heavy atom. The number of aryl methyl sites for hydroxylation is 2. The van der Waals surface area contributed by atoms with Crippen LogP contribution < -0.4 is 10.0 Å². The summed E-state index contributed by atoms with van der Waals surface area (Å²) in [6.45, 7) is 1.82. The molecule has 5 nitrogen and oxygen atoms in total. The van der Waals surface area contributed by atoms with E-state index in [4.69, 9.17) is 0 Å². The van der Waals surface area contributed by atoms with Crippen molar-refractivity contribution in [3.63, 3.8) is 0 Å². The molecule has 0 atom stereocenters. The van der Waals surface area contributed by atoms with Crippen molar-refractivity contribution in [3.05, 3.63) is 21.4 Å². The van der Waals surface area contributed by atoms with Gasteiger partial charge in [-0.2, -0.15) is 0 Å². The normalized spacial score (nSPS) is 15.3. The molecular weight excluding hydrogens is 308 g/mol. The van der Waals surface area contributed by atoms with Gasteiger partial charge >= 0.3 is 0 Å². The lowest BCUT2D eigenvalue weighted by Gasteiger charge is -2.05. The fraction of sp³-hybridized carbons (Fsp3) is 0.643. The van der Waals surface area contributed by atoms with Crippen molar-refractivity contribution in [2.24, 2.45) is 0 Å². The lowest BCUT2D eigenvalue weighted by atomic mass is 10.1. The van der Waals surface area contributed by atoms with Crippen LogP contribution in [0.3, 0.4) is 0 Å². The van der Waals surface area contributed by atoms with Crippen LogP contribution in [0.1, 0.15) is 41.5 Å². The Morgan fingerprint density at radius 1 is 1.29 bits per heavy atom.